The maximum atomic E-state index is 13.6. The van der Waals surface area contributed by atoms with Crippen LogP contribution in [0.3, 0.4) is 0 Å². The van der Waals surface area contributed by atoms with Crippen molar-refractivity contribution in [1.29, 1.82) is 0 Å². The zero-order valence-electron chi connectivity index (χ0n) is 12.1. The summed E-state index contributed by atoms with van der Waals surface area (Å²) in [4.78, 5) is 29.4. The standard InChI is InChI=1S/C14H16FN5O2/c1-8-12(20-4-2-3-9(15)7-20)5-11(19-18-8)10-6-16-14(22)17-13(10)21/h5-6,9H,2-4,7H2,1H3,(H2,16,17,21,22). The Bertz CT molecular complexity index is 800. The van der Waals surface area contributed by atoms with E-state index >= 15 is 0 Å². The van der Waals surface area contributed by atoms with Crippen molar-refractivity contribution in [3.05, 3.63) is 38.8 Å². The molecule has 116 valence electrons. The third-order valence-corrected chi connectivity index (χ3v) is 3.75. The predicted molar refractivity (Wildman–Crippen MR) is 79.8 cm³/mol. The Kier molecular flexibility index (Phi) is 3.74. The Balaban J connectivity index is 2.02. The highest BCUT2D eigenvalue weighted by atomic mass is 19.1. The van der Waals surface area contributed by atoms with Crippen LogP contribution in [0.5, 0.6) is 0 Å². The topological polar surface area (TPSA) is 94.7 Å². The fourth-order valence-electron chi connectivity index (χ4n) is 2.64. The molecule has 3 rings (SSSR count). The van der Waals surface area contributed by atoms with Gasteiger partial charge in [-0.1, -0.05) is 0 Å². The molecule has 1 atom stereocenters. The summed E-state index contributed by atoms with van der Waals surface area (Å²) in [5.74, 6) is 0. The summed E-state index contributed by atoms with van der Waals surface area (Å²) in [7, 11) is 0. The van der Waals surface area contributed by atoms with Crippen molar-refractivity contribution < 1.29 is 4.39 Å². The molecule has 0 aliphatic carbocycles. The van der Waals surface area contributed by atoms with Crippen LogP contribution in [0.15, 0.2) is 21.9 Å². The number of rotatable bonds is 2. The minimum atomic E-state index is -0.860. The first-order valence-corrected chi connectivity index (χ1v) is 7.10. The number of aromatic amines is 2. The molecule has 1 fully saturated rings. The molecule has 0 radical (unpaired) electrons. The minimum absolute atomic E-state index is 0.224. The number of piperidine rings is 1. The number of aromatic nitrogens is 4. The van der Waals surface area contributed by atoms with E-state index in [-0.39, 0.29) is 5.56 Å². The lowest BCUT2D eigenvalue weighted by atomic mass is 10.1. The second-order valence-corrected chi connectivity index (χ2v) is 5.37. The number of nitrogens with one attached hydrogen (secondary N) is 2. The molecule has 1 aliphatic rings. The molecule has 1 saturated heterocycles. The van der Waals surface area contributed by atoms with Crippen LogP contribution in [-0.4, -0.2) is 39.4 Å². The summed E-state index contributed by atoms with van der Waals surface area (Å²) < 4.78 is 13.6. The van der Waals surface area contributed by atoms with Gasteiger partial charge in [-0.3, -0.25) is 9.78 Å². The largest absolute Gasteiger partial charge is 0.367 e. The maximum absolute atomic E-state index is 13.6. The lowest BCUT2D eigenvalue weighted by molar-refractivity contribution is 0.286. The molecular weight excluding hydrogens is 289 g/mol. The van der Waals surface area contributed by atoms with Crippen LogP contribution >= 0.6 is 0 Å². The number of hydrogen-bond donors (Lipinski definition) is 2. The molecule has 7 nitrogen and oxygen atoms in total. The van der Waals surface area contributed by atoms with E-state index in [0.29, 0.717) is 24.4 Å². The number of H-pyrrole nitrogens is 2. The molecule has 1 aliphatic heterocycles. The van der Waals surface area contributed by atoms with Crippen LogP contribution in [0.2, 0.25) is 0 Å². The number of halogens is 1. The van der Waals surface area contributed by atoms with Crippen molar-refractivity contribution in [2.75, 3.05) is 18.0 Å². The van der Waals surface area contributed by atoms with Gasteiger partial charge in [0, 0.05) is 19.3 Å². The number of hydrogen-bond acceptors (Lipinski definition) is 5. The second-order valence-electron chi connectivity index (χ2n) is 5.37. The van der Waals surface area contributed by atoms with Gasteiger partial charge in [0.15, 0.2) is 0 Å². The Morgan fingerprint density at radius 2 is 2.18 bits per heavy atom. The molecule has 2 N–H and O–H groups in total. The van der Waals surface area contributed by atoms with Crippen LogP contribution in [-0.2, 0) is 0 Å². The average molecular weight is 305 g/mol. The van der Waals surface area contributed by atoms with E-state index < -0.39 is 17.4 Å². The van der Waals surface area contributed by atoms with Crippen LogP contribution in [0.4, 0.5) is 10.1 Å². The van der Waals surface area contributed by atoms with Gasteiger partial charge >= 0.3 is 5.69 Å². The fourth-order valence-corrected chi connectivity index (χ4v) is 2.64. The second kappa shape index (κ2) is 5.70. The van der Waals surface area contributed by atoms with E-state index in [0.717, 1.165) is 18.7 Å². The highest BCUT2D eigenvalue weighted by molar-refractivity contribution is 5.64. The van der Waals surface area contributed by atoms with E-state index in [1.807, 2.05) is 4.90 Å². The van der Waals surface area contributed by atoms with Gasteiger partial charge in [0.05, 0.1) is 16.9 Å². The van der Waals surface area contributed by atoms with Crippen LogP contribution < -0.4 is 16.1 Å². The lowest BCUT2D eigenvalue weighted by Crippen LogP contribution is -2.37. The van der Waals surface area contributed by atoms with Gasteiger partial charge < -0.3 is 9.88 Å². The highest BCUT2D eigenvalue weighted by Crippen LogP contribution is 2.26. The van der Waals surface area contributed by atoms with Crippen LogP contribution in [0.25, 0.3) is 11.3 Å². The summed E-state index contributed by atoms with van der Waals surface area (Å²) in [6.07, 6.45) is 1.79. The van der Waals surface area contributed by atoms with Gasteiger partial charge in [-0.25, -0.2) is 9.18 Å². The number of nitrogens with zero attached hydrogens (tertiary/aromatic N) is 3. The molecule has 0 aromatic carbocycles. The first-order valence-electron chi connectivity index (χ1n) is 7.10. The molecule has 2 aromatic heterocycles. The number of anilines is 1. The van der Waals surface area contributed by atoms with E-state index in [2.05, 4.69) is 20.2 Å². The van der Waals surface area contributed by atoms with Crippen LogP contribution in [0, 0.1) is 6.92 Å². The smallest absolute Gasteiger partial charge is 0.325 e. The third-order valence-electron chi connectivity index (χ3n) is 3.75. The summed E-state index contributed by atoms with van der Waals surface area (Å²) >= 11 is 0. The Labute approximate surface area is 125 Å². The van der Waals surface area contributed by atoms with Crippen molar-refractivity contribution in [2.45, 2.75) is 25.9 Å². The lowest BCUT2D eigenvalue weighted by Gasteiger charge is -2.31. The SMILES string of the molecule is Cc1nnc(-c2c[nH]c(=O)[nH]c2=O)cc1N1CCCC(F)C1. The van der Waals surface area contributed by atoms with Gasteiger partial charge in [-0.15, -0.1) is 5.10 Å². The molecule has 3 heterocycles. The molecule has 2 aromatic rings. The normalized spacial score (nSPS) is 18.5. The zero-order chi connectivity index (χ0) is 15.7. The summed E-state index contributed by atoms with van der Waals surface area (Å²) in [6, 6.07) is 1.71. The molecule has 0 saturated carbocycles. The zero-order valence-corrected chi connectivity index (χ0v) is 12.1. The summed E-state index contributed by atoms with van der Waals surface area (Å²) in [6.45, 7) is 2.85. The van der Waals surface area contributed by atoms with Crippen molar-refractivity contribution in [3.8, 4) is 11.3 Å². The van der Waals surface area contributed by atoms with Gasteiger partial charge in [0.1, 0.15) is 11.9 Å². The molecule has 1 unspecified atom stereocenters. The number of aryl methyl sites for hydroxylation is 1. The monoisotopic (exact) mass is 305 g/mol. The van der Waals surface area contributed by atoms with Crippen molar-refractivity contribution >= 4 is 5.69 Å². The molecule has 0 bridgehead atoms. The summed E-state index contributed by atoms with van der Waals surface area (Å²) in [5, 5.41) is 8.06. The van der Waals surface area contributed by atoms with Gasteiger partial charge in [0.25, 0.3) is 5.56 Å². The molecular formula is C14H16FN5O2. The average Bonchev–Trinajstić information content (AvgIpc) is 2.48. The van der Waals surface area contributed by atoms with E-state index in [1.165, 1.54) is 6.20 Å². The van der Waals surface area contributed by atoms with Crippen molar-refractivity contribution in [2.24, 2.45) is 0 Å². The molecule has 8 heteroatoms. The van der Waals surface area contributed by atoms with E-state index in [4.69, 9.17) is 0 Å². The van der Waals surface area contributed by atoms with E-state index in [9.17, 15) is 14.0 Å². The first-order chi connectivity index (χ1) is 10.5. The highest BCUT2D eigenvalue weighted by Gasteiger charge is 2.22. The van der Waals surface area contributed by atoms with E-state index in [1.54, 1.807) is 13.0 Å². The molecule has 22 heavy (non-hydrogen) atoms. The van der Waals surface area contributed by atoms with Gasteiger partial charge in [-0.2, -0.15) is 5.10 Å². The first kappa shape index (κ1) is 14.4. The summed E-state index contributed by atoms with van der Waals surface area (Å²) in [5.41, 5.74) is 0.901. The van der Waals surface area contributed by atoms with Gasteiger partial charge in [-0.05, 0) is 25.8 Å². The Hall–Kier alpha value is -2.51. The van der Waals surface area contributed by atoms with Crippen LogP contribution in [0.1, 0.15) is 18.5 Å². The molecule has 0 spiro atoms. The number of alkyl halides is 1. The Morgan fingerprint density at radius 3 is 2.91 bits per heavy atom. The predicted octanol–water partition coefficient (Wildman–Crippen LogP) is 0.767. The third kappa shape index (κ3) is 2.76. The van der Waals surface area contributed by atoms with Crippen molar-refractivity contribution in [3.63, 3.8) is 0 Å². The maximum Gasteiger partial charge on any atom is 0.325 e. The minimum Gasteiger partial charge on any atom is -0.367 e. The quantitative estimate of drug-likeness (QED) is 0.854. The van der Waals surface area contributed by atoms with Crippen molar-refractivity contribution in [1.82, 2.24) is 20.2 Å². The fraction of sp³-hybridized carbons (Fsp3) is 0.429. The van der Waals surface area contributed by atoms with Gasteiger partial charge in [0.2, 0.25) is 0 Å². The Morgan fingerprint density at radius 1 is 1.36 bits per heavy atom. The molecule has 0 amide bonds.